The first-order valence-electron chi connectivity index (χ1n) is 21.3. The molecule has 0 amide bonds. The average Bonchev–Trinajstić information content (AvgIpc) is 3.68. The summed E-state index contributed by atoms with van der Waals surface area (Å²) in [6, 6.07) is 0. The minimum Gasteiger partial charge on any atom is -0.458 e. The van der Waals surface area contributed by atoms with Crippen LogP contribution < -0.4 is 0 Å². The zero-order chi connectivity index (χ0) is 39.9. The van der Waals surface area contributed by atoms with Crippen molar-refractivity contribution in [3.63, 3.8) is 0 Å². The highest BCUT2D eigenvalue weighted by atomic mass is 16.7. The second-order valence-corrected chi connectivity index (χ2v) is 19.0. The van der Waals surface area contributed by atoms with Gasteiger partial charge in [0.2, 0.25) is 0 Å². The lowest BCUT2D eigenvalue weighted by molar-refractivity contribution is -0.336. The minimum absolute atomic E-state index is 0.0386. The Morgan fingerprint density at radius 1 is 0.696 bits per heavy atom. The maximum Gasteiger partial charge on any atom is 0.331 e. The van der Waals surface area contributed by atoms with Crippen molar-refractivity contribution in [2.45, 2.75) is 197 Å². The van der Waals surface area contributed by atoms with Crippen molar-refractivity contribution in [3.8, 4) is 0 Å². The molecule has 4 heterocycles. The molecule has 5 N–H and O–H groups in total. The molecule has 56 heavy (non-hydrogen) atoms. The van der Waals surface area contributed by atoms with Crippen molar-refractivity contribution >= 4 is 5.97 Å². The van der Waals surface area contributed by atoms with Gasteiger partial charge in [0.1, 0.15) is 24.9 Å². The van der Waals surface area contributed by atoms with Crippen molar-refractivity contribution in [2.24, 2.45) is 34.5 Å². The maximum absolute atomic E-state index is 12.6. The zero-order valence-corrected chi connectivity index (χ0v) is 33.9. The van der Waals surface area contributed by atoms with Crippen LogP contribution in [0.5, 0.6) is 0 Å². The van der Waals surface area contributed by atoms with E-state index in [1.165, 1.54) is 7.11 Å². The van der Waals surface area contributed by atoms with Crippen molar-refractivity contribution in [3.05, 3.63) is 11.6 Å². The van der Waals surface area contributed by atoms with Gasteiger partial charge in [-0.15, -0.1) is 0 Å². The van der Waals surface area contributed by atoms with Gasteiger partial charge in [0.15, 0.2) is 18.9 Å². The van der Waals surface area contributed by atoms with Gasteiger partial charge in [0, 0.05) is 37.9 Å². The quantitative estimate of drug-likeness (QED) is 0.178. The fourth-order valence-electron chi connectivity index (χ4n) is 13.1. The molecule has 3 saturated heterocycles. The molecule has 4 aliphatic heterocycles. The molecule has 4 aliphatic carbocycles. The number of rotatable bonds is 8. The molecule has 0 unspecified atom stereocenters. The number of hydrogen-bond donors (Lipinski definition) is 5. The topological polar surface area (TPSA) is 192 Å². The predicted octanol–water partition coefficient (Wildman–Crippen LogP) is 2.87. The molecular formula is C42H66O14. The summed E-state index contributed by atoms with van der Waals surface area (Å²) in [6.45, 7) is 10.1. The van der Waals surface area contributed by atoms with Crippen LogP contribution in [0.15, 0.2) is 11.6 Å². The van der Waals surface area contributed by atoms with Crippen LogP contribution in [-0.2, 0) is 42.7 Å². The third kappa shape index (κ3) is 7.02. The number of ether oxygens (including phenoxy) is 8. The number of methoxy groups -OCH3 is 1. The molecule has 8 aliphatic rings. The highest BCUT2D eigenvalue weighted by Crippen LogP contribution is 2.70. The number of cyclic esters (lactones) is 1. The standard InChI is InChI=1S/C42H66O14/c1-20-37(49-6)29(43)16-35(51-20)55-39-22(3)53-36(18-31(39)45)56-38-21(2)52-34(17-30(38)44)54-25-9-11-40(4)24(14-25)7-8-27-28(40)15-32(46)41(5)26(10-12-42(27,41)48)23-13-33(47)50-19-23/h13,20-22,24-32,34-39,43-46,48H,7-12,14-19H2,1-6H3/t20-,21-,22-,24-,25+,26-,27-,28+,29+,30+,31+,32-,34+,35+,36+,37-,38-,39+,40+,41+,42+/m1/s1. The van der Waals surface area contributed by atoms with Crippen LogP contribution in [0.3, 0.4) is 0 Å². The van der Waals surface area contributed by atoms with E-state index in [0.717, 1.165) is 44.1 Å². The summed E-state index contributed by atoms with van der Waals surface area (Å²) in [5, 5.41) is 57.3. The lowest BCUT2D eigenvalue weighted by Crippen LogP contribution is -2.67. The molecule has 0 aromatic rings. The molecule has 318 valence electrons. The largest absolute Gasteiger partial charge is 0.458 e. The highest BCUT2D eigenvalue weighted by Gasteiger charge is 2.71. The summed E-state index contributed by atoms with van der Waals surface area (Å²) >= 11 is 0. The van der Waals surface area contributed by atoms with Gasteiger partial charge in [0.05, 0.1) is 54.4 Å². The normalized spacial score (nSPS) is 54.8. The van der Waals surface area contributed by atoms with Crippen LogP contribution in [0, 0.1) is 34.5 Å². The summed E-state index contributed by atoms with van der Waals surface area (Å²) in [4.78, 5) is 12.0. The van der Waals surface area contributed by atoms with Crippen LogP contribution in [0.2, 0.25) is 0 Å². The van der Waals surface area contributed by atoms with E-state index < -0.39 is 84.8 Å². The molecule has 0 aromatic heterocycles. The van der Waals surface area contributed by atoms with E-state index in [-0.39, 0.29) is 67.2 Å². The molecule has 0 aromatic carbocycles. The van der Waals surface area contributed by atoms with Crippen LogP contribution in [0.25, 0.3) is 0 Å². The van der Waals surface area contributed by atoms with E-state index in [0.29, 0.717) is 18.8 Å². The number of fused-ring (bicyclic) bond motifs is 5. The predicted molar refractivity (Wildman–Crippen MR) is 197 cm³/mol. The third-order valence-electron chi connectivity index (χ3n) is 16.2. The zero-order valence-electron chi connectivity index (χ0n) is 33.9. The maximum atomic E-state index is 12.6. The number of carbonyl (C=O) groups excluding carboxylic acids is 1. The molecule has 7 fully saturated rings. The molecule has 0 bridgehead atoms. The molecule has 14 heteroatoms. The van der Waals surface area contributed by atoms with Gasteiger partial charge in [-0.1, -0.05) is 13.8 Å². The molecule has 14 nitrogen and oxygen atoms in total. The average molecular weight is 795 g/mol. The second kappa shape index (κ2) is 15.6. The number of esters is 1. The van der Waals surface area contributed by atoms with Gasteiger partial charge in [0.25, 0.3) is 0 Å². The molecule has 0 radical (unpaired) electrons. The molecular weight excluding hydrogens is 728 g/mol. The Kier molecular flexibility index (Phi) is 11.6. The van der Waals surface area contributed by atoms with E-state index in [1.54, 1.807) is 13.0 Å². The van der Waals surface area contributed by atoms with Gasteiger partial charge in [-0.05, 0) is 107 Å². The first-order valence-corrected chi connectivity index (χ1v) is 21.3. The monoisotopic (exact) mass is 794 g/mol. The van der Waals surface area contributed by atoms with E-state index in [1.807, 2.05) is 20.8 Å². The van der Waals surface area contributed by atoms with Crippen molar-refractivity contribution in [2.75, 3.05) is 13.7 Å². The lowest BCUT2D eigenvalue weighted by Gasteiger charge is -2.65. The Morgan fingerprint density at radius 2 is 1.27 bits per heavy atom. The van der Waals surface area contributed by atoms with Crippen molar-refractivity contribution in [1.29, 1.82) is 0 Å². The van der Waals surface area contributed by atoms with Crippen molar-refractivity contribution in [1.82, 2.24) is 0 Å². The van der Waals surface area contributed by atoms with Crippen molar-refractivity contribution < 1.29 is 68.2 Å². The Labute approximate surface area is 330 Å². The molecule has 8 rings (SSSR count). The fourth-order valence-corrected chi connectivity index (χ4v) is 13.1. The SMILES string of the molecule is CO[C@H]1[C@@H](O)C[C@H](O[C@@H]2[C@@H](O)C[C@H](O[C@H]3[C@@H](O)C[C@H](O[C@H]4CC[C@@]5(C)[C@H](CC[C@@H]6[C@@H]5C[C@@H](O)[C@]5(C)[C@@H](C7=CC(=O)OC7)CC[C@]65O)C4)O[C@@H]3C)O[C@@H]2C)O[C@@H]1C. The highest BCUT2D eigenvalue weighted by molar-refractivity contribution is 5.85. The van der Waals surface area contributed by atoms with Gasteiger partial charge in [-0.2, -0.15) is 0 Å². The smallest absolute Gasteiger partial charge is 0.331 e. The lowest BCUT2D eigenvalue weighted by atomic mass is 9.42. The first-order chi connectivity index (χ1) is 26.5. The van der Waals surface area contributed by atoms with E-state index in [2.05, 4.69) is 6.92 Å². The Balaban J connectivity index is 0.832. The molecule has 21 atom stereocenters. The van der Waals surface area contributed by atoms with Gasteiger partial charge in [-0.3, -0.25) is 0 Å². The van der Waals surface area contributed by atoms with E-state index in [9.17, 15) is 30.3 Å². The first kappa shape index (κ1) is 41.5. The summed E-state index contributed by atoms with van der Waals surface area (Å²) < 4.78 is 47.8. The number of hydrogen-bond acceptors (Lipinski definition) is 14. The van der Waals surface area contributed by atoms with Crippen LogP contribution in [0.4, 0.5) is 0 Å². The van der Waals surface area contributed by atoms with Crippen LogP contribution in [-0.4, -0.2) is 137 Å². The van der Waals surface area contributed by atoms with Gasteiger partial charge >= 0.3 is 5.97 Å². The van der Waals surface area contributed by atoms with E-state index in [4.69, 9.17) is 37.9 Å². The van der Waals surface area contributed by atoms with E-state index >= 15 is 0 Å². The number of aliphatic hydroxyl groups excluding tert-OH is 4. The minimum atomic E-state index is -1.01. The molecule has 4 saturated carbocycles. The third-order valence-corrected chi connectivity index (χ3v) is 16.2. The fraction of sp³-hybridized carbons (Fsp3) is 0.929. The Bertz CT molecular complexity index is 1430. The second-order valence-electron chi connectivity index (χ2n) is 19.0. The summed E-state index contributed by atoms with van der Waals surface area (Å²) in [6.07, 6.45) is -0.0154. The van der Waals surface area contributed by atoms with Gasteiger partial charge in [-0.25, -0.2) is 4.79 Å². The number of aliphatic hydroxyl groups is 5. The Morgan fingerprint density at radius 3 is 1.80 bits per heavy atom. The number of carbonyl (C=O) groups is 1. The summed E-state index contributed by atoms with van der Waals surface area (Å²) in [5.41, 5.74) is -0.877. The summed E-state index contributed by atoms with van der Waals surface area (Å²) in [5.74, 6) is 0.223. The molecule has 0 spiro atoms. The van der Waals surface area contributed by atoms with Crippen LogP contribution >= 0.6 is 0 Å². The summed E-state index contributed by atoms with van der Waals surface area (Å²) in [7, 11) is 1.53. The van der Waals surface area contributed by atoms with Gasteiger partial charge < -0.3 is 63.4 Å². The Hall–Kier alpha value is -1.27. The van der Waals surface area contributed by atoms with Crippen LogP contribution in [0.1, 0.15) is 105 Å².